The second-order valence-electron chi connectivity index (χ2n) is 4.66. The molecule has 6 heteroatoms. The number of esters is 1. The molecule has 0 aliphatic rings. The van der Waals surface area contributed by atoms with Crippen molar-refractivity contribution in [3.63, 3.8) is 0 Å². The quantitative estimate of drug-likeness (QED) is 0.651. The number of anilines is 2. The summed E-state index contributed by atoms with van der Waals surface area (Å²) in [7, 11) is 1.29. The maximum atomic E-state index is 11.5. The lowest BCUT2D eigenvalue weighted by atomic mass is 10.1. The minimum Gasteiger partial charge on any atom is -0.465 e. The van der Waals surface area contributed by atoms with Crippen molar-refractivity contribution >= 4 is 23.4 Å². The lowest BCUT2D eigenvalue weighted by Crippen LogP contribution is -2.05. The van der Waals surface area contributed by atoms with Crippen LogP contribution in [0.25, 0.3) is 0 Å². The first-order valence-electron chi connectivity index (χ1n) is 6.73. The molecule has 6 nitrogen and oxygen atoms in total. The Bertz CT molecular complexity index is 819. The first-order chi connectivity index (χ1) is 11.0. The fourth-order valence-corrected chi connectivity index (χ4v) is 1.82. The highest BCUT2D eigenvalue weighted by molar-refractivity contribution is 5.90. The molecule has 0 fully saturated rings. The maximum Gasteiger partial charge on any atom is 0.339 e. The fourth-order valence-electron chi connectivity index (χ4n) is 1.82. The summed E-state index contributed by atoms with van der Waals surface area (Å²) in [5, 5.41) is 2.68. The van der Waals surface area contributed by atoms with Gasteiger partial charge in [0.05, 0.1) is 18.2 Å². The van der Waals surface area contributed by atoms with Crippen molar-refractivity contribution < 1.29 is 14.3 Å². The average molecular weight is 309 g/mol. The smallest absolute Gasteiger partial charge is 0.339 e. The minimum absolute atomic E-state index is 0.158. The van der Waals surface area contributed by atoms with E-state index in [-0.39, 0.29) is 17.3 Å². The number of hydrogen-bond donors (Lipinski definition) is 2. The number of benzene rings is 1. The first kappa shape index (κ1) is 16.0. The van der Waals surface area contributed by atoms with Crippen molar-refractivity contribution in [1.82, 2.24) is 4.98 Å². The Hall–Kier alpha value is -3.33. The summed E-state index contributed by atoms with van der Waals surface area (Å²) >= 11 is 0. The lowest BCUT2D eigenvalue weighted by molar-refractivity contribution is -0.114. The molecule has 1 heterocycles. The number of pyridine rings is 1. The van der Waals surface area contributed by atoms with Crippen molar-refractivity contribution in [2.24, 2.45) is 0 Å². The summed E-state index contributed by atoms with van der Waals surface area (Å²) in [5.41, 5.74) is 7.82. The molecule has 0 saturated carbocycles. The summed E-state index contributed by atoms with van der Waals surface area (Å²) in [6, 6.07) is 8.61. The molecule has 1 aromatic heterocycles. The molecule has 0 atom stereocenters. The number of hydrogen-bond acceptors (Lipinski definition) is 5. The number of rotatable bonds is 2. The highest BCUT2D eigenvalue weighted by Crippen LogP contribution is 2.12. The van der Waals surface area contributed by atoms with Gasteiger partial charge in [0.1, 0.15) is 5.82 Å². The number of aromatic nitrogens is 1. The number of carbonyl (C=O) groups is 2. The molecule has 0 aliphatic heterocycles. The van der Waals surface area contributed by atoms with Crippen molar-refractivity contribution in [2.75, 3.05) is 18.2 Å². The van der Waals surface area contributed by atoms with E-state index < -0.39 is 5.97 Å². The van der Waals surface area contributed by atoms with E-state index in [1.54, 1.807) is 24.3 Å². The zero-order chi connectivity index (χ0) is 16.8. The van der Waals surface area contributed by atoms with Gasteiger partial charge < -0.3 is 15.8 Å². The van der Waals surface area contributed by atoms with Gasteiger partial charge in [-0.25, -0.2) is 9.78 Å². The fraction of sp³-hybridized carbons (Fsp3) is 0.118. The van der Waals surface area contributed by atoms with E-state index in [1.807, 2.05) is 0 Å². The predicted molar refractivity (Wildman–Crippen MR) is 86.7 cm³/mol. The molecule has 1 aromatic carbocycles. The Morgan fingerprint density at radius 2 is 2.04 bits per heavy atom. The average Bonchev–Trinajstić information content (AvgIpc) is 2.53. The minimum atomic E-state index is -0.506. The number of amides is 1. The van der Waals surface area contributed by atoms with Crippen LogP contribution >= 0.6 is 0 Å². The van der Waals surface area contributed by atoms with E-state index in [1.165, 1.54) is 26.3 Å². The van der Waals surface area contributed by atoms with Crippen LogP contribution in [0.5, 0.6) is 0 Å². The summed E-state index contributed by atoms with van der Waals surface area (Å²) in [6.45, 7) is 1.43. The summed E-state index contributed by atoms with van der Waals surface area (Å²) in [5.74, 6) is 5.36. The van der Waals surface area contributed by atoms with Crippen molar-refractivity contribution in [3.8, 4) is 11.8 Å². The van der Waals surface area contributed by atoms with Crippen molar-refractivity contribution in [3.05, 3.63) is 53.2 Å². The normalized spacial score (nSPS) is 9.48. The molecule has 0 radical (unpaired) electrons. The molecule has 3 N–H and O–H groups in total. The van der Waals surface area contributed by atoms with Crippen LogP contribution < -0.4 is 11.1 Å². The topological polar surface area (TPSA) is 94.3 Å². The maximum absolute atomic E-state index is 11.5. The highest BCUT2D eigenvalue weighted by atomic mass is 16.5. The van der Waals surface area contributed by atoms with Crippen LogP contribution in [0.15, 0.2) is 36.5 Å². The lowest BCUT2D eigenvalue weighted by Gasteiger charge is -2.02. The van der Waals surface area contributed by atoms with Crippen molar-refractivity contribution in [1.29, 1.82) is 0 Å². The molecule has 116 valence electrons. The van der Waals surface area contributed by atoms with E-state index in [9.17, 15) is 9.59 Å². The van der Waals surface area contributed by atoms with Gasteiger partial charge in [0.2, 0.25) is 5.91 Å². The second-order valence-corrected chi connectivity index (χ2v) is 4.66. The van der Waals surface area contributed by atoms with Gasteiger partial charge in [0, 0.05) is 24.4 Å². The van der Waals surface area contributed by atoms with Gasteiger partial charge in [-0.15, -0.1) is 0 Å². The van der Waals surface area contributed by atoms with Crippen LogP contribution in [0.3, 0.4) is 0 Å². The van der Waals surface area contributed by atoms with Crippen LogP contribution in [0, 0.1) is 11.8 Å². The Kier molecular flexibility index (Phi) is 4.95. The zero-order valence-corrected chi connectivity index (χ0v) is 12.7. The van der Waals surface area contributed by atoms with Gasteiger partial charge >= 0.3 is 5.97 Å². The van der Waals surface area contributed by atoms with Gasteiger partial charge in [-0.1, -0.05) is 17.9 Å². The monoisotopic (exact) mass is 309 g/mol. The SMILES string of the molecule is COC(=O)c1cnc(N)c(C#Cc2cccc(NC(C)=O)c2)c1. The van der Waals surface area contributed by atoms with Gasteiger partial charge in [0.25, 0.3) is 0 Å². The number of nitrogens with zero attached hydrogens (tertiary/aromatic N) is 1. The van der Waals surface area contributed by atoms with Gasteiger partial charge in [-0.05, 0) is 24.3 Å². The van der Waals surface area contributed by atoms with Crippen LogP contribution in [0.1, 0.15) is 28.4 Å². The van der Waals surface area contributed by atoms with Crippen molar-refractivity contribution in [2.45, 2.75) is 6.92 Å². The number of nitrogens with one attached hydrogen (secondary N) is 1. The Morgan fingerprint density at radius 3 is 2.74 bits per heavy atom. The Labute approximate surface area is 133 Å². The molecular weight excluding hydrogens is 294 g/mol. The van der Waals surface area contributed by atoms with Crippen LogP contribution in [-0.4, -0.2) is 24.0 Å². The van der Waals surface area contributed by atoms with E-state index >= 15 is 0 Å². The number of ether oxygens (including phenoxy) is 1. The summed E-state index contributed by atoms with van der Waals surface area (Å²) in [4.78, 5) is 26.5. The highest BCUT2D eigenvalue weighted by Gasteiger charge is 2.08. The predicted octanol–water partition coefficient (Wildman–Crippen LogP) is 1.81. The molecule has 0 bridgehead atoms. The number of nitrogen functional groups attached to an aromatic ring is 1. The third kappa shape index (κ3) is 4.32. The van der Waals surface area contributed by atoms with Gasteiger partial charge in [0.15, 0.2) is 0 Å². The third-order valence-electron chi connectivity index (χ3n) is 2.86. The van der Waals surface area contributed by atoms with E-state index in [0.717, 1.165) is 0 Å². The van der Waals surface area contributed by atoms with Crippen LogP contribution in [0.2, 0.25) is 0 Å². The Balaban J connectivity index is 2.31. The van der Waals surface area contributed by atoms with Gasteiger partial charge in [-0.3, -0.25) is 4.79 Å². The van der Waals surface area contributed by atoms with E-state index in [4.69, 9.17) is 5.73 Å². The molecule has 23 heavy (non-hydrogen) atoms. The molecule has 2 aromatic rings. The van der Waals surface area contributed by atoms with Gasteiger partial charge in [-0.2, -0.15) is 0 Å². The van der Waals surface area contributed by atoms with Crippen LogP contribution in [-0.2, 0) is 9.53 Å². The molecule has 2 rings (SSSR count). The number of carbonyl (C=O) groups excluding carboxylic acids is 2. The number of nitrogens with two attached hydrogens (primary N) is 1. The second kappa shape index (κ2) is 7.09. The zero-order valence-electron chi connectivity index (χ0n) is 12.7. The first-order valence-corrected chi connectivity index (χ1v) is 6.73. The molecule has 0 saturated heterocycles. The standard InChI is InChI=1S/C17H15N3O3/c1-11(21)20-15-5-3-4-12(8-15)6-7-13-9-14(17(22)23-2)10-19-16(13)18/h3-5,8-10H,1-2H3,(H2,18,19)(H,20,21). The number of methoxy groups -OCH3 is 1. The summed E-state index contributed by atoms with van der Waals surface area (Å²) in [6.07, 6.45) is 1.34. The molecule has 0 unspecified atom stereocenters. The van der Waals surface area contributed by atoms with Crippen LogP contribution in [0.4, 0.5) is 11.5 Å². The molecular formula is C17H15N3O3. The molecule has 0 spiro atoms. The summed E-state index contributed by atoms with van der Waals surface area (Å²) < 4.78 is 4.64. The Morgan fingerprint density at radius 1 is 1.26 bits per heavy atom. The van der Waals surface area contributed by atoms with E-state index in [2.05, 4.69) is 26.9 Å². The molecule has 1 amide bonds. The largest absolute Gasteiger partial charge is 0.465 e. The molecule has 0 aliphatic carbocycles. The van der Waals surface area contributed by atoms with E-state index in [0.29, 0.717) is 16.8 Å². The third-order valence-corrected chi connectivity index (χ3v) is 2.86.